The van der Waals surface area contributed by atoms with Gasteiger partial charge >= 0.3 is 0 Å². The SMILES string of the molecule is Cc1ccc2nc(C(N)=O)ncc2c1.Cl.Cl. The first-order valence-electron chi connectivity index (χ1n) is 4.20. The zero-order valence-corrected chi connectivity index (χ0v) is 10.1. The van der Waals surface area contributed by atoms with E-state index in [1.54, 1.807) is 6.20 Å². The number of aromatic nitrogens is 2. The van der Waals surface area contributed by atoms with Crippen LogP contribution in [0.25, 0.3) is 10.9 Å². The molecule has 6 heteroatoms. The number of halogens is 2. The number of fused-ring (bicyclic) bond motifs is 1. The Morgan fingerprint density at radius 1 is 1.31 bits per heavy atom. The Balaban J connectivity index is 0.00000112. The van der Waals surface area contributed by atoms with Crippen molar-refractivity contribution in [2.45, 2.75) is 6.92 Å². The zero-order chi connectivity index (χ0) is 10.1. The van der Waals surface area contributed by atoms with Crippen molar-refractivity contribution in [1.82, 2.24) is 9.97 Å². The van der Waals surface area contributed by atoms with E-state index in [1.807, 2.05) is 25.1 Å². The molecule has 86 valence electrons. The highest BCUT2D eigenvalue weighted by Gasteiger charge is 2.04. The van der Waals surface area contributed by atoms with Crippen molar-refractivity contribution < 1.29 is 4.79 Å². The van der Waals surface area contributed by atoms with Gasteiger partial charge in [0.1, 0.15) is 0 Å². The van der Waals surface area contributed by atoms with Crippen molar-refractivity contribution in [1.29, 1.82) is 0 Å². The molecule has 1 heterocycles. The van der Waals surface area contributed by atoms with Crippen LogP contribution in [0, 0.1) is 6.92 Å². The normalized spacial score (nSPS) is 9.06. The van der Waals surface area contributed by atoms with Crippen LogP contribution in [0.5, 0.6) is 0 Å². The Labute approximate surface area is 105 Å². The molecule has 0 unspecified atom stereocenters. The molecular formula is C10H11Cl2N3O. The molecular weight excluding hydrogens is 249 g/mol. The third-order valence-electron chi connectivity index (χ3n) is 1.96. The molecule has 0 radical (unpaired) electrons. The van der Waals surface area contributed by atoms with E-state index in [2.05, 4.69) is 9.97 Å². The van der Waals surface area contributed by atoms with Crippen LogP contribution in [0.4, 0.5) is 0 Å². The van der Waals surface area contributed by atoms with E-state index in [-0.39, 0.29) is 30.6 Å². The van der Waals surface area contributed by atoms with E-state index in [1.165, 1.54) is 0 Å². The highest BCUT2D eigenvalue weighted by Crippen LogP contribution is 2.12. The molecule has 0 aliphatic carbocycles. The van der Waals surface area contributed by atoms with Crippen molar-refractivity contribution >= 4 is 41.6 Å². The highest BCUT2D eigenvalue weighted by atomic mass is 35.5. The van der Waals surface area contributed by atoms with Gasteiger partial charge in [0, 0.05) is 11.6 Å². The van der Waals surface area contributed by atoms with Crippen molar-refractivity contribution in [3.05, 3.63) is 35.8 Å². The maximum Gasteiger partial charge on any atom is 0.286 e. The van der Waals surface area contributed by atoms with Gasteiger partial charge in [0.05, 0.1) is 5.52 Å². The van der Waals surface area contributed by atoms with Crippen LogP contribution in [0.15, 0.2) is 24.4 Å². The van der Waals surface area contributed by atoms with Crippen LogP contribution in [-0.2, 0) is 0 Å². The van der Waals surface area contributed by atoms with Gasteiger partial charge in [-0.25, -0.2) is 9.97 Å². The summed E-state index contributed by atoms with van der Waals surface area (Å²) >= 11 is 0. The maximum absolute atomic E-state index is 10.8. The fourth-order valence-electron chi connectivity index (χ4n) is 1.27. The van der Waals surface area contributed by atoms with Gasteiger partial charge < -0.3 is 5.73 Å². The number of hydrogen-bond donors (Lipinski definition) is 1. The van der Waals surface area contributed by atoms with E-state index in [4.69, 9.17) is 5.73 Å². The Morgan fingerprint density at radius 2 is 2.00 bits per heavy atom. The quantitative estimate of drug-likeness (QED) is 0.851. The second-order valence-electron chi connectivity index (χ2n) is 3.12. The Morgan fingerprint density at radius 3 is 2.62 bits per heavy atom. The van der Waals surface area contributed by atoms with Crippen molar-refractivity contribution in [3.8, 4) is 0 Å². The van der Waals surface area contributed by atoms with Crippen LogP contribution in [0.3, 0.4) is 0 Å². The van der Waals surface area contributed by atoms with Crippen molar-refractivity contribution in [2.75, 3.05) is 0 Å². The molecule has 4 nitrogen and oxygen atoms in total. The van der Waals surface area contributed by atoms with Crippen LogP contribution in [0.1, 0.15) is 16.2 Å². The maximum atomic E-state index is 10.8. The number of hydrogen-bond acceptors (Lipinski definition) is 3. The number of carbonyl (C=O) groups is 1. The second-order valence-corrected chi connectivity index (χ2v) is 3.12. The highest BCUT2D eigenvalue weighted by molar-refractivity contribution is 5.91. The van der Waals surface area contributed by atoms with E-state index in [0.29, 0.717) is 0 Å². The van der Waals surface area contributed by atoms with Gasteiger partial charge in [-0.15, -0.1) is 24.8 Å². The van der Waals surface area contributed by atoms with E-state index in [0.717, 1.165) is 16.5 Å². The van der Waals surface area contributed by atoms with Gasteiger partial charge in [-0.1, -0.05) is 11.6 Å². The van der Waals surface area contributed by atoms with Crippen LogP contribution in [-0.4, -0.2) is 15.9 Å². The molecule has 0 aliphatic rings. The number of amides is 1. The fourth-order valence-corrected chi connectivity index (χ4v) is 1.27. The third kappa shape index (κ3) is 2.81. The first-order chi connectivity index (χ1) is 6.66. The lowest BCUT2D eigenvalue weighted by Crippen LogP contribution is -2.14. The van der Waals surface area contributed by atoms with Crippen LogP contribution >= 0.6 is 24.8 Å². The third-order valence-corrected chi connectivity index (χ3v) is 1.96. The van der Waals surface area contributed by atoms with Crippen LogP contribution in [0.2, 0.25) is 0 Å². The molecule has 0 bridgehead atoms. The number of nitrogens with zero attached hydrogens (tertiary/aromatic N) is 2. The fraction of sp³-hybridized carbons (Fsp3) is 0.100. The molecule has 0 saturated heterocycles. The predicted octanol–water partition coefficient (Wildman–Crippen LogP) is 1.88. The van der Waals surface area contributed by atoms with Crippen LogP contribution < -0.4 is 5.73 Å². The molecule has 0 spiro atoms. The summed E-state index contributed by atoms with van der Waals surface area (Å²) in [4.78, 5) is 18.7. The smallest absolute Gasteiger partial charge is 0.286 e. The molecule has 0 fully saturated rings. The Hall–Kier alpha value is -1.39. The number of primary amides is 1. The first kappa shape index (κ1) is 14.6. The average molecular weight is 260 g/mol. The average Bonchev–Trinajstić information content (AvgIpc) is 2.16. The largest absolute Gasteiger partial charge is 0.363 e. The molecule has 2 aromatic rings. The van der Waals surface area contributed by atoms with Crippen molar-refractivity contribution in [3.63, 3.8) is 0 Å². The summed E-state index contributed by atoms with van der Waals surface area (Å²) in [7, 11) is 0. The number of carbonyl (C=O) groups excluding carboxylic acids is 1. The lowest BCUT2D eigenvalue weighted by Gasteiger charge is -1.99. The molecule has 16 heavy (non-hydrogen) atoms. The second kappa shape index (κ2) is 5.63. The topological polar surface area (TPSA) is 68.9 Å². The summed E-state index contributed by atoms with van der Waals surface area (Å²) in [6.45, 7) is 1.99. The van der Waals surface area contributed by atoms with Gasteiger partial charge in [0.15, 0.2) is 0 Å². The number of benzene rings is 1. The minimum absolute atomic E-state index is 0. The predicted molar refractivity (Wildman–Crippen MR) is 67.3 cm³/mol. The molecule has 1 amide bonds. The van der Waals surface area contributed by atoms with E-state index < -0.39 is 5.91 Å². The summed E-state index contributed by atoms with van der Waals surface area (Å²) in [6.07, 6.45) is 1.61. The summed E-state index contributed by atoms with van der Waals surface area (Å²) in [5.74, 6) is -0.547. The van der Waals surface area contributed by atoms with Gasteiger partial charge in [-0.3, -0.25) is 4.79 Å². The zero-order valence-electron chi connectivity index (χ0n) is 8.51. The molecule has 0 aliphatic heterocycles. The number of nitrogens with two attached hydrogens (primary N) is 1. The van der Waals surface area contributed by atoms with Gasteiger partial charge in [0.25, 0.3) is 5.91 Å². The molecule has 2 N–H and O–H groups in total. The Kier molecular flexibility index (Phi) is 5.14. The summed E-state index contributed by atoms with van der Waals surface area (Å²) < 4.78 is 0. The van der Waals surface area contributed by atoms with Gasteiger partial charge in [-0.05, 0) is 19.1 Å². The van der Waals surface area contributed by atoms with E-state index in [9.17, 15) is 4.79 Å². The first-order valence-corrected chi connectivity index (χ1v) is 4.20. The molecule has 1 aromatic heterocycles. The molecule has 0 atom stereocenters. The molecule has 0 saturated carbocycles. The standard InChI is InChI=1S/C10H9N3O.2ClH/c1-6-2-3-8-7(4-6)5-12-10(13-8)9(11)14;;/h2-5H,1H3,(H2,11,14);2*1H. The molecule has 1 aromatic carbocycles. The van der Waals surface area contributed by atoms with Gasteiger partial charge in [0.2, 0.25) is 5.82 Å². The minimum atomic E-state index is -0.604. The minimum Gasteiger partial charge on any atom is -0.363 e. The lowest BCUT2D eigenvalue weighted by atomic mass is 10.2. The van der Waals surface area contributed by atoms with Crippen molar-refractivity contribution in [2.24, 2.45) is 5.73 Å². The van der Waals surface area contributed by atoms with E-state index >= 15 is 0 Å². The lowest BCUT2D eigenvalue weighted by molar-refractivity contribution is 0.0991. The number of rotatable bonds is 1. The number of aryl methyl sites for hydroxylation is 1. The molecule has 2 rings (SSSR count). The Bertz CT molecular complexity index is 516. The monoisotopic (exact) mass is 259 g/mol. The summed E-state index contributed by atoms with van der Waals surface area (Å²) in [5, 5.41) is 0.912. The summed E-state index contributed by atoms with van der Waals surface area (Å²) in [5.41, 5.74) is 6.94. The summed E-state index contributed by atoms with van der Waals surface area (Å²) in [6, 6.07) is 5.74. The van der Waals surface area contributed by atoms with Gasteiger partial charge in [-0.2, -0.15) is 0 Å².